The Labute approximate surface area is 202 Å². The van der Waals surface area contributed by atoms with Crippen LogP contribution in [0.4, 0.5) is 4.79 Å². The third-order valence-corrected chi connectivity index (χ3v) is 5.39. The number of ether oxygens (including phenoxy) is 1. The Kier molecular flexibility index (Phi) is 10.1. The lowest BCUT2D eigenvalue weighted by molar-refractivity contribution is -0.131. The molecular weight excluding hydrogens is 430 g/mol. The Hall–Kier alpha value is -3.35. The van der Waals surface area contributed by atoms with E-state index in [1.165, 1.54) is 0 Å². The minimum atomic E-state index is -0.897. The van der Waals surface area contributed by atoms with Gasteiger partial charge in [0.2, 0.25) is 11.8 Å². The van der Waals surface area contributed by atoms with Crippen molar-refractivity contribution in [3.8, 4) is 0 Å². The highest BCUT2D eigenvalue weighted by molar-refractivity contribution is 5.91. The van der Waals surface area contributed by atoms with Crippen LogP contribution < -0.4 is 16.0 Å². The maximum Gasteiger partial charge on any atom is 0.408 e. The number of carbonyl (C=O) groups excluding carboxylic acids is 3. The first-order chi connectivity index (χ1) is 16.1. The number of rotatable bonds is 10. The Balaban J connectivity index is 2.14. The highest BCUT2D eigenvalue weighted by Crippen LogP contribution is 2.12. The van der Waals surface area contributed by atoms with E-state index in [-0.39, 0.29) is 18.2 Å². The third kappa shape index (κ3) is 9.25. The molecule has 0 spiro atoms. The van der Waals surface area contributed by atoms with Crippen LogP contribution in [-0.4, -0.2) is 35.6 Å². The molecule has 3 amide bonds. The van der Waals surface area contributed by atoms with E-state index in [0.717, 1.165) is 11.1 Å². The normalized spacial score (nSPS) is 13.8. The summed E-state index contributed by atoms with van der Waals surface area (Å²) in [6, 6.07) is 17.4. The molecule has 3 N–H and O–H groups in total. The van der Waals surface area contributed by atoms with Crippen LogP contribution >= 0.6 is 0 Å². The number of hydrogen-bond acceptors (Lipinski definition) is 4. The lowest BCUT2D eigenvalue weighted by atomic mass is 9.97. The molecule has 2 rings (SSSR count). The van der Waals surface area contributed by atoms with Crippen molar-refractivity contribution < 1.29 is 19.1 Å². The molecule has 2 aromatic carbocycles. The first kappa shape index (κ1) is 26.9. The van der Waals surface area contributed by atoms with Crippen LogP contribution in [0.15, 0.2) is 60.7 Å². The summed E-state index contributed by atoms with van der Waals surface area (Å²) >= 11 is 0. The molecule has 7 nitrogen and oxygen atoms in total. The number of amides is 3. The predicted octanol–water partition coefficient (Wildman–Crippen LogP) is 3.97. The van der Waals surface area contributed by atoms with Crippen molar-refractivity contribution in [3.63, 3.8) is 0 Å². The molecule has 34 heavy (non-hydrogen) atoms. The van der Waals surface area contributed by atoms with Gasteiger partial charge in [0.25, 0.3) is 0 Å². The van der Waals surface area contributed by atoms with Crippen molar-refractivity contribution in [3.05, 3.63) is 71.8 Å². The summed E-state index contributed by atoms with van der Waals surface area (Å²) in [5.74, 6) is -0.796. The standard InChI is InChI=1S/C27H37N3O4/c1-6-19(2)23(25(32)28-18-21-15-11-8-12-16-21)30-24(31)22(17-20-13-9-7-10-14-20)29-26(33)34-27(3,4)5/h7-16,19,22-23H,6,17-18H2,1-5H3,(H,28,32)(H,29,33)(H,30,31)/t19-,22-,23-/m0/s1. The molecule has 0 aromatic heterocycles. The number of benzene rings is 2. The van der Waals surface area contributed by atoms with Gasteiger partial charge in [0.05, 0.1) is 0 Å². The van der Waals surface area contributed by atoms with Gasteiger partial charge in [-0.1, -0.05) is 80.9 Å². The molecule has 7 heteroatoms. The zero-order chi connectivity index (χ0) is 25.1. The molecule has 0 fully saturated rings. The van der Waals surface area contributed by atoms with Gasteiger partial charge in [-0.05, 0) is 37.8 Å². The molecule has 0 aliphatic carbocycles. The number of hydrogen-bond donors (Lipinski definition) is 3. The molecule has 0 aliphatic rings. The van der Waals surface area contributed by atoms with E-state index in [0.29, 0.717) is 13.0 Å². The van der Waals surface area contributed by atoms with E-state index in [4.69, 9.17) is 4.74 Å². The molecule has 0 bridgehead atoms. The zero-order valence-electron chi connectivity index (χ0n) is 20.8. The highest BCUT2D eigenvalue weighted by Gasteiger charge is 2.31. The topological polar surface area (TPSA) is 96.5 Å². The van der Waals surface area contributed by atoms with Crippen molar-refractivity contribution in [2.45, 2.75) is 71.7 Å². The van der Waals surface area contributed by atoms with Gasteiger partial charge in [0, 0.05) is 13.0 Å². The van der Waals surface area contributed by atoms with Crippen molar-refractivity contribution >= 4 is 17.9 Å². The molecule has 0 radical (unpaired) electrons. The maximum atomic E-state index is 13.3. The smallest absolute Gasteiger partial charge is 0.408 e. The van der Waals surface area contributed by atoms with Gasteiger partial charge >= 0.3 is 6.09 Å². The van der Waals surface area contributed by atoms with Gasteiger partial charge in [-0.2, -0.15) is 0 Å². The fourth-order valence-electron chi connectivity index (χ4n) is 3.36. The molecule has 0 heterocycles. The minimum Gasteiger partial charge on any atom is -0.444 e. The van der Waals surface area contributed by atoms with Gasteiger partial charge in [0.1, 0.15) is 17.7 Å². The second kappa shape index (κ2) is 12.8. The third-order valence-electron chi connectivity index (χ3n) is 5.39. The second-order valence-electron chi connectivity index (χ2n) is 9.46. The Bertz CT molecular complexity index is 926. The van der Waals surface area contributed by atoms with Crippen LogP contribution in [0.2, 0.25) is 0 Å². The van der Waals surface area contributed by atoms with Crippen molar-refractivity contribution in [1.82, 2.24) is 16.0 Å². The second-order valence-corrected chi connectivity index (χ2v) is 9.46. The summed E-state index contributed by atoms with van der Waals surface area (Å²) in [4.78, 5) is 38.7. The summed E-state index contributed by atoms with van der Waals surface area (Å²) in [6.45, 7) is 9.53. The Morgan fingerprint density at radius 3 is 1.94 bits per heavy atom. The first-order valence-corrected chi connectivity index (χ1v) is 11.7. The number of carbonyl (C=O) groups is 3. The van der Waals surface area contributed by atoms with E-state index >= 15 is 0 Å². The summed E-state index contributed by atoms with van der Waals surface area (Å²) < 4.78 is 5.36. The van der Waals surface area contributed by atoms with Gasteiger partial charge < -0.3 is 20.7 Å². The monoisotopic (exact) mass is 467 g/mol. The van der Waals surface area contributed by atoms with E-state index in [1.54, 1.807) is 20.8 Å². The van der Waals surface area contributed by atoms with E-state index in [2.05, 4.69) is 16.0 Å². The minimum absolute atomic E-state index is 0.0985. The average Bonchev–Trinajstić information content (AvgIpc) is 2.80. The molecule has 0 unspecified atom stereocenters. The van der Waals surface area contributed by atoms with Crippen LogP contribution in [0.1, 0.15) is 52.2 Å². The lowest BCUT2D eigenvalue weighted by Gasteiger charge is -2.27. The fourth-order valence-corrected chi connectivity index (χ4v) is 3.36. The highest BCUT2D eigenvalue weighted by atomic mass is 16.6. The quantitative estimate of drug-likeness (QED) is 0.493. The molecule has 0 aliphatic heterocycles. The summed E-state index contributed by atoms with van der Waals surface area (Å²) in [7, 11) is 0. The Morgan fingerprint density at radius 2 is 1.41 bits per heavy atom. The van der Waals surface area contributed by atoms with Crippen LogP contribution in [0.5, 0.6) is 0 Å². The van der Waals surface area contributed by atoms with Gasteiger partial charge in [-0.25, -0.2) is 4.79 Å². The average molecular weight is 468 g/mol. The summed E-state index contributed by atoms with van der Waals surface area (Å²) in [5, 5.41) is 8.46. The molecule has 2 aromatic rings. The molecular formula is C27H37N3O4. The Morgan fingerprint density at radius 1 is 0.853 bits per heavy atom. The van der Waals surface area contributed by atoms with Crippen LogP contribution in [0.3, 0.4) is 0 Å². The molecule has 184 valence electrons. The zero-order valence-corrected chi connectivity index (χ0v) is 20.8. The first-order valence-electron chi connectivity index (χ1n) is 11.7. The largest absolute Gasteiger partial charge is 0.444 e. The molecule has 3 atom stereocenters. The van der Waals surface area contributed by atoms with Crippen LogP contribution in [0, 0.1) is 5.92 Å². The SMILES string of the molecule is CC[C@H](C)[C@H](NC(=O)[C@H](Cc1ccccc1)NC(=O)OC(C)(C)C)C(=O)NCc1ccccc1. The van der Waals surface area contributed by atoms with Crippen molar-refractivity contribution in [1.29, 1.82) is 0 Å². The summed E-state index contributed by atoms with van der Waals surface area (Å²) in [6.07, 6.45) is 0.286. The summed E-state index contributed by atoms with van der Waals surface area (Å²) in [5.41, 5.74) is 1.15. The van der Waals surface area contributed by atoms with Crippen molar-refractivity contribution in [2.24, 2.45) is 5.92 Å². The van der Waals surface area contributed by atoms with Crippen LogP contribution in [0.25, 0.3) is 0 Å². The maximum absolute atomic E-state index is 13.3. The van der Waals surface area contributed by atoms with Gasteiger partial charge in [-0.15, -0.1) is 0 Å². The lowest BCUT2D eigenvalue weighted by Crippen LogP contribution is -2.56. The van der Waals surface area contributed by atoms with E-state index < -0.39 is 29.7 Å². The fraction of sp³-hybridized carbons (Fsp3) is 0.444. The van der Waals surface area contributed by atoms with Gasteiger partial charge in [-0.3, -0.25) is 9.59 Å². The van der Waals surface area contributed by atoms with Crippen LogP contribution in [-0.2, 0) is 27.3 Å². The van der Waals surface area contributed by atoms with Gasteiger partial charge in [0.15, 0.2) is 0 Å². The number of alkyl carbamates (subject to hydrolysis) is 1. The van der Waals surface area contributed by atoms with Crippen molar-refractivity contribution in [2.75, 3.05) is 0 Å². The molecule has 0 saturated carbocycles. The predicted molar refractivity (Wildman–Crippen MR) is 133 cm³/mol. The molecule has 0 saturated heterocycles. The van der Waals surface area contributed by atoms with E-state index in [1.807, 2.05) is 74.5 Å². The number of nitrogens with one attached hydrogen (secondary N) is 3. The van der Waals surface area contributed by atoms with E-state index in [9.17, 15) is 14.4 Å².